The number of allylic oxidation sites excluding steroid dienone is 12. The number of hydrogen-bond acceptors (Lipinski definition) is 2. The predicted octanol–water partition coefficient (Wildman–Crippen LogP) is 9.99. The molecule has 0 aromatic carbocycles. The maximum atomic E-state index is 10.1. The smallest absolute Gasteiger partial charge is 0.119 e. The van der Waals surface area contributed by atoms with Crippen LogP contribution in [-0.2, 0) is 9.59 Å². The van der Waals surface area contributed by atoms with Crippen LogP contribution in [0.15, 0.2) is 72.9 Å². The van der Waals surface area contributed by atoms with Gasteiger partial charge in [0, 0.05) is 12.8 Å². The van der Waals surface area contributed by atoms with Gasteiger partial charge in [0.25, 0.3) is 0 Å². The molecule has 192 valence electrons. The van der Waals surface area contributed by atoms with E-state index < -0.39 is 0 Å². The van der Waals surface area contributed by atoms with Crippen LogP contribution < -0.4 is 0 Å². The van der Waals surface area contributed by atoms with Crippen LogP contribution >= 0.6 is 0 Å². The van der Waals surface area contributed by atoms with Gasteiger partial charge in [-0.05, 0) is 77.0 Å². The van der Waals surface area contributed by atoms with Crippen LogP contribution in [0.25, 0.3) is 0 Å². The van der Waals surface area contributed by atoms with Crippen LogP contribution in [0, 0.1) is 0 Å². The van der Waals surface area contributed by atoms with Gasteiger partial charge in [-0.25, -0.2) is 0 Å². The van der Waals surface area contributed by atoms with Crippen molar-refractivity contribution in [3.63, 3.8) is 0 Å². The number of hydrogen-bond donors (Lipinski definition) is 0. The zero-order valence-electron chi connectivity index (χ0n) is 22.2. The minimum Gasteiger partial charge on any atom is -0.303 e. The van der Waals surface area contributed by atoms with E-state index >= 15 is 0 Å². The first-order valence-electron chi connectivity index (χ1n) is 13.6. The van der Waals surface area contributed by atoms with Gasteiger partial charge in [0.15, 0.2) is 0 Å². The molecule has 0 aromatic rings. The molecule has 0 rings (SSSR count). The van der Waals surface area contributed by atoms with Crippen molar-refractivity contribution in [1.29, 1.82) is 0 Å². The second-order valence-electron chi connectivity index (χ2n) is 8.24. The molecule has 0 heterocycles. The van der Waals surface area contributed by atoms with E-state index in [2.05, 4.69) is 86.8 Å². The molecule has 0 unspecified atom stereocenters. The summed E-state index contributed by atoms with van der Waals surface area (Å²) in [5.74, 6) is 0. The molecule has 0 aliphatic carbocycles. The Morgan fingerprint density at radius 2 is 0.676 bits per heavy atom. The lowest BCUT2D eigenvalue weighted by Gasteiger charge is -1.93. The highest BCUT2D eigenvalue weighted by Gasteiger charge is 1.87. The summed E-state index contributed by atoms with van der Waals surface area (Å²) in [5, 5.41) is 0. The van der Waals surface area contributed by atoms with Crippen LogP contribution in [-0.4, -0.2) is 12.6 Å². The first-order chi connectivity index (χ1) is 16.8. The van der Waals surface area contributed by atoms with E-state index in [1.807, 2.05) is 0 Å². The van der Waals surface area contributed by atoms with Gasteiger partial charge in [-0.1, -0.05) is 99.6 Å². The third-order valence-corrected chi connectivity index (χ3v) is 4.96. The van der Waals surface area contributed by atoms with E-state index in [1.54, 1.807) is 0 Å². The largest absolute Gasteiger partial charge is 0.303 e. The molecule has 0 fully saturated rings. The Balaban J connectivity index is 0. The fourth-order valence-electron chi connectivity index (χ4n) is 2.97. The van der Waals surface area contributed by atoms with Crippen molar-refractivity contribution < 1.29 is 9.59 Å². The van der Waals surface area contributed by atoms with Gasteiger partial charge in [-0.3, -0.25) is 0 Å². The lowest BCUT2D eigenvalue weighted by Crippen LogP contribution is -1.77. The van der Waals surface area contributed by atoms with Gasteiger partial charge < -0.3 is 9.59 Å². The average molecular weight is 469 g/mol. The maximum Gasteiger partial charge on any atom is 0.119 e. The second-order valence-corrected chi connectivity index (χ2v) is 8.24. The SMILES string of the molecule is CC/C=C/C=C\CC/C=C\CCCCCC=O.CC/C=C/C=C\CC/C=C\CCCCCC=O. The van der Waals surface area contributed by atoms with Crippen LogP contribution in [0.3, 0.4) is 0 Å². The summed E-state index contributed by atoms with van der Waals surface area (Å²) in [6, 6.07) is 0. The summed E-state index contributed by atoms with van der Waals surface area (Å²) < 4.78 is 0. The molecule has 0 spiro atoms. The number of aldehydes is 2. The van der Waals surface area contributed by atoms with Gasteiger partial charge in [-0.15, -0.1) is 0 Å². The predicted molar refractivity (Wildman–Crippen MR) is 152 cm³/mol. The molecule has 0 saturated heterocycles. The molecule has 0 atom stereocenters. The molecule has 0 saturated carbocycles. The van der Waals surface area contributed by atoms with E-state index in [1.165, 1.54) is 25.7 Å². The van der Waals surface area contributed by atoms with Gasteiger partial charge in [0.1, 0.15) is 12.6 Å². The van der Waals surface area contributed by atoms with Crippen LogP contribution in [0.4, 0.5) is 0 Å². The third kappa shape index (κ3) is 37.1. The standard InChI is InChI=1S/2C16H26O/c2*1-2-3-4-5-6-7-8-9-10-11-12-13-14-15-16-17/h2*3-6,9-10,16H,2,7-8,11-15H2,1H3/b2*4-3+,6-5-,10-9-. The minimum atomic E-state index is 0.722. The first kappa shape index (κ1) is 34.0. The summed E-state index contributed by atoms with van der Waals surface area (Å²) in [6.45, 7) is 4.28. The van der Waals surface area contributed by atoms with Crippen molar-refractivity contribution in [2.45, 2.75) is 117 Å². The lowest BCUT2D eigenvalue weighted by atomic mass is 10.1. The van der Waals surface area contributed by atoms with E-state index in [0.717, 1.165) is 89.6 Å². The number of rotatable bonds is 22. The molecular formula is C32H52O2. The summed E-state index contributed by atoms with van der Waals surface area (Å²) in [4.78, 5) is 20.2. The molecule has 2 nitrogen and oxygen atoms in total. The second kappa shape index (κ2) is 35.4. The van der Waals surface area contributed by atoms with Crippen molar-refractivity contribution in [2.24, 2.45) is 0 Å². The maximum absolute atomic E-state index is 10.1. The Morgan fingerprint density at radius 1 is 0.353 bits per heavy atom. The Kier molecular flexibility index (Phi) is 35.3. The molecule has 0 radical (unpaired) electrons. The normalized spacial score (nSPS) is 12.1. The average Bonchev–Trinajstić information content (AvgIpc) is 2.85. The zero-order chi connectivity index (χ0) is 25.2. The summed E-state index contributed by atoms with van der Waals surface area (Å²) >= 11 is 0. The van der Waals surface area contributed by atoms with Crippen molar-refractivity contribution >= 4 is 12.6 Å². The molecule has 34 heavy (non-hydrogen) atoms. The van der Waals surface area contributed by atoms with Crippen molar-refractivity contribution in [2.75, 3.05) is 0 Å². The topological polar surface area (TPSA) is 34.1 Å². The van der Waals surface area contributed by atoms with Gasteiger partial charge in [0.2, 0.25) is 0 Å². The molecule has 0 aromatic heterocycles. The van der Waals surface area contributed by atoms with E-state index in [-0.39, 0.29) is 0 Å². The van der Waals surface area contributed by atoms with Crippen molar-refractivity contribution in [3.05, 3.63) is 72.9 Å². The van der Waals surface area contributed by atoms with Crippen LogP contribution in [0.2, 0.25) is 0 Å². The summed E-state index contributed by atoms with van der Waals surface area (Å²) in [7, 11) is 0. The van der Waals surface area contributed by atoms with Crippen LogP contribution in [0.5, 0.6) is 0 Å². The molecule has 0 N–H and O–H groups in total. The Labute approximate surface area is 211 Å². The fraction of sp³-hybridized carbons (Fsp3) is 0.562. The molecule has 0 amide bonds. The number of unbranched alkanes of at least 4 members (excludes halogenated alkanes) is 10. The minimum absolute atomic E-state index is 0.722. The molecule has 2 heteroatoms. The molecule has 0 aliphatic heterocycles. The van der Waals surface area contributed by atoms with E-state index in [0.29, 0.717) is 0 Å². The monoisotopic (exact) mass is 468 g/mol. The lowest BCUT2D eigenvalue weighted by molar-refractivity contribution is -0.108. The summed E-state index contributed by atoms with van der Waals surface area (Å²) in [6.07, 6.45) is 45.6. The third-order valence-electron chi connectivity index (χ3n) is 4.96. The highest BCUT2D eigenvalue weighted by Crippen LogP contribution is 2.04. The Morgan fingerprint density at radius 3 is 1.06 bits per heavy atom. The van der Waals surface area contributed by atoms with Gasteiger partial charge in [-0.2, -0.15) is 0 Å². The van der Waals surface area contributed by atoms with Crippen LogP contribution in [0.1, 0.15) is 117 Å². The Hall–Kier alpha value is -2.22. The molecule has 0 bridgehead atoms. The van der Waals surface area contributed by atoms with Gasteiger partial charge >= 0.3 is 0 Å². The fourth-order valence-corrected chi connectivity index (χ4v) is 2.97. The number of carbonyl (C=O) groups is 2. The van der Waals surface area contributed by atoms with Gasteiger partial charge in [0.05, 0.1) is 0 Å². The van der Waals surface area contributed by atoms with E-state index in [9.17, 15) is 9.59 Å². The Bertz CT molecular complexity index is 524. The molecule has 0 aliphatic rings. The van der Waals surface area contributed by atoms with Crippen molar-refractivity contribution in [1.82, 2.24) is 0 Å². The quantitative estimate of drug-likeness (QED) is 0.0685. The number of carbonyl (C=O) groups excluding carboxylic acids is 2. The molecular weight excluding hydrogens is 416 g/mol. The highest BCUT2D eigenvalue weighted by atomic mass is 16.1. The highest BCUT2D eigenvalue weighted by molar-refractivity contribution is 5.49. The van der Waals surface area contributed by atoms with Crippen molar-refractivity contribution in [3.8, 4) is 0 Å². The summed E-state index contributed by atoms with van der Waals surface area (Å²) in [5.41, 5.74) is 0. The first-order valence-corrected chi connectivity index (χ1v) is 13.6. The zero-order valence-corrected chi connectivity index (χ0v) is 22.2. The van der Waals surface area contributed by atoms with E-state index in [4.69, 9.17) is 0 Å².